The molecular formula is C21H22N4. The number of piperidine rings is 1. The minimum absolute atomic E-state index is 0.819. The number of anilines is 3. The minimum Gasteiger partial charge on any atom is -0.341 e. The van der Waals surface area contributed by atoms with Gasteiger partial charge in [-0.3, -0.25) is 0 Å². The average molecular weight is 330 g/mol. The van der Waals surface area contributed by atoms with Crippen LogP contribution in [0.25, 0.3) is 11.3 Å². The van der Waals surface area contributed by atoms with Crippen LogP contribution in [0.2, 0.25) is 0 Å². The molecule has 0 unspecified atom stereocenters. The highest BCUT2D eigenvalue weighted by Gasteiger charge is 2.16. The van der Waals surface area contributed by atoms with Crippen molar-refractivity contribution in [3.63, 3.8) is 0 Å². The summed E-state index contributed by atoms with van der Waals surface area (Å²) in [6.07, 6.45) is 3.71. The van der Waals surface area contributed by atoms with E-state index in [2.05, 4.69) is 22.3 Å². The van der Waals surface area contributed by atoms with Crippen molar-refractivity contribution < 1.29 is 0 Å². The van der Waals surface area contributed by atoms with E-state index in [4.69, 9.17) is 9.97 Å². The zero-order chi connectivity index (χ0) is 16.9. The second kappa shape index (κ2) is 7.34. The topological polar surface area (TPSA) is 41.1 Å². The van der Waals surface area contributed by atoms with Gasteiger partial charge in [-0.25, -0.2) is 4.98 Å². The molecule has 126 valence electrons. The Hall–Kier alpha value is -2.88. The van der Waals surface area contributed by atoms with E-state index in [-0.39, 0.29) is 0 Å². The molecule has 4 nitrogen and oxygen atoms in total. The second-order valence-electron chi connectivity index (χ2n) is 6.34. The monoisotopic (exact) mass is 330 g/mol. The third-order valence-electron chi connectivity index (χ3n) is 4.47. The largest absolute Gasteiger partial charge is 0.341 e. The number of hydrogen-bond donors (Lipinski definition) is 1. The first-order valence-electron chi connectivity index (χ1n) is 8.90. The molecule has 1 aromatic heterocycles. The summed E-state index contributed by atoms with van der Waals surface area (Å²) >= 11 is 0. The fourth-order valence-corrected chi connectivity index (χ4v) is 3.16. The first kappa shape index (κ1) is 15.6. The van der Waals surface area contributed by atoms with Gasteiger partial charge >= 0.3 is 0 Å². The first-order valence-corrected chi connectivity index (χ1v) is 8.90. The van der Waals surface area contributed by atoms with Crippen LogP contribution in [-0.4, -0.2) is 23.1 Å². The Morgan fingerprint density at radius 2 is 1.44 bits per heavy atom. The number of rotatable bonds is 4. The Morgan fingerprint density at radius 3 is 2.16 bits per heavy atom. The Kier molecular flexibility index (Phi) is 4.59. The van der Waals surface area contributed by atoms with Crippen LogP contribution in [-0.2, 0) is 0 Å². The molecule has 4 heteroatoms. The number of nitrogens with zero attached hydrogens (tertiary/aromatic N) is 3. The van der Waals surface area contributed by atoms with Crippen molar-refractivity contribution in [3.05, 3.63) is 66.7 Å². The molecule has 0 amide bonds. The van der Waals surface area contributed by atoms with Crippen LogP contribution in [0.1, 0.15) is 19.3 Å². The molecule has 1 saturated heterocycles. The molecular weight excluding hydrogens is 308 g/mol. The van der Waals surface area contributed by atoms with Gasteiger partial charge in [-0.15, -0.1) is 0 Å². The van der Waals surface area contributed by atoms with Crippen LogP contribution < -0.4 is 10.2 Å². The molecule has 3 aromatic rings. The summed E-state index contributed by atoms with van der Waals surface area (Å²) in [6, 6.07) is 22.5. The van der Waals surface area contributed by atoms with E-state index in [9.17, 15) is 0 Å². The number of para-hydroxylation sites is 1. The van der Waals surface area contributed by atoms with Crippen LogP contribution in [0.4, 0.5) is 17.5 Å². The van der Waals surface area contributed by atoms with Gasteiger partial charge in [0.25, 0.3) is 0 Å². The summed E-state index contributed by atoms with van der Waals surface area (Å²) < 4.78 is 0. The van der Waals surface area contributed by atoms with Crippen LogP contribution in [0.5, 0.6) is 0 Å². The Bertz CT molecular complexity index is 812. The summed E-state index contributed by atoms with van der Waals surface area (Å²) in [5.41, 5.74) is 3.10. The fourth-order valence-electron chi connectivity index (χ4n) is 3.16. The Morgan fingerprint density at radius 1 is 0.760 bits per heavy atom. The molecule has 1 fully saturated rings. The van der Waals surface area contributed by atoms with Crippen LogP contribution in [0.15, 0.2) is 66.7 Å². The third kappa shape index (κ3) is 3.79. The van der Waals surface area contributed by atoms with Crippen LogP contribution in [0.3, 0.4) is 0 Å². The zero-order valence-corrected chi connectivity index (χ0v) is 14.2. The molecule has 0 spiro atoms. The number of aromatic nitrogens is 2. The molecule has 1 aliphatic heterocycles. The van der Waals surface area contributed by atoms with Gasteiger partial charge in [0.1, 0.15) is 5.82 Å². The van der Waals surface area contributed by atoms with Crippen molar-refractivity contribution in [1.29, 1.82) is 0 Å². The van der Waals surface area contributed by atoms with E-state index in [1.807, 2.05) is 54.6 Å². The molecule has 0 atom stereocenters. The van der Waals surface area contributed by atoms with E-state index in [0.717, 1.165) is 41.8 Å². The van der Waals surface area contributed by atoms with Crippen molar-refractivity contribution in [3.8, 4) is 11.3 Å². The van der Waals surface area contributed by atoms with Crippen molar-refractivity contribution in [2.75, 3.05) is 23.3 Å². The Labute approximate surface area is 148 Å². The van der Waals surface area contributed by atoms with Gasteiger partial charge in [0.05, 0.1) is 5.69 Å². The third-order valence-corrected chi connectivity index (χ3v) is 4.47. The molecule has 0 saturated carbocycles. The second-order valence-corrected chi connectivity index (χ2v) is 6.34. The predicted molar refractivity (Wildman–Crippen MR) is 103 cm³/mol. The quantitative estimate of drug-likeness (QED) is 0.740. The minimum atomic E-state index is 0.819. The average Bonchev–Trinajstić information content (AvgIpc) is 2.70. The summed E-state index contributed by atoms with van der Waals surface area (Å²) in [6.45, 7) is 2.06. The molecule has 0 bridgehead atoms. The van der Waals surface area contributed by atoms with Crippen molar-refractivity contribution in [1.82, 2.24) is 9.97 Å². The molecule has 0 radical (unpaired) electrons. The molecule has 25 heavy (non-hydrogen) atoms. The van der Waals surface area contributed by atoms with Gasteiger partial charge in [-0.05, 0) is 31.4 Å². The van der Waals surface area contributed by atoms with Crippen molar-refractivity contribution in [2.45, 2.75) is 19.3 Å². The van der Waals surface area contributed by atoms with Crippen LogP contribution in [0, 0.1) is 0 Å². The highest BCUT2D eigenvalue weighted by Crippen LogP contribution is 2.26. The highest BCUT2D eigenvalue weighted by molar-refractivity contribution is 5.67. The van der Waals surface area contributed by atoms with E-state index in [0.29, 0.717) is 0 Å². The lowest BCUT2D eigenvalue weighted by Gasteiger charge is -2.27. The van der Waals surface area contributed by atoms with Gasteiger partial charge in [-0.2, -0.15) is 4.98 Å². The SMILES string of the molecule is c1ccc(Nc2cc(-c3ccccc3)nc(N3CCCCC3)n2)cc1. The van der Waals surface area contributed by atoms with Gasteiger partial charge in [0.15, 0.2) is 0 Å². The normalized spacial score (nSPS) is 14.3. The van der Waals surface area contributed by atoms with E-state index < -0.39 is 0 Å². The lowest BCUT2D eigenvalue weighted by atomic mass is 10.1. The van der Waals surface area contributed by atoms with E-state index in [1.165, 1.54) is 19.3 Å². The molecule has 2 heterocycles. The fraction of sp³-hybridized carbons (Fsp3) is 0.238. The Balaban J connectivity index is 1.72. The van der Waals surface area contributed by atoms with Crippen molar-refractivity contribution in [2.24, 2.45) is 0 Å². The number of benzene rings is 2. The van der Waals surface area contributed by atoms with Crippen LogP contribution >= 0.6 is 0 Å². The summed E-state index contributed by atoms with van der Waals surface area (Å²) in [5, 5.41) is 3.42. The maximum Gasteiger partial charge on any atom is 0.227 e. The smallest absolute Gasteiger partial charge is 0.227 e. The molecule has 1 N–H and O–H groups in total. The van der Waals surface area contributed by atoms with E-state index >= 15 is 0 Å². The lowest BCUT2D eigenvalue weighted by molar-refractivity contribution is 0.568. The summed E-state index contributed by atoms with van der Waals surface area (Å²) in [7, 11) is 0. The molecule has 1 aliphatic rings. The van der Waals surface area contributed by atoms with E-state index in [1.54, 1.807) is 0 Å². The number of nitrogens with one attached hydrogen (secondary N) is 1. The van der Waals surface area contributed by atoms with Gasteiger partial charge in [-0.1, -0.05) is 48.5 Å². The maximum atomic E-state index is 4.84. The van der Waals surface area contributed by atoms with Gasteiger partial charge in [0.2, 0.25) is 5.95 Å². The number of hydrogen-bond acceptors (Lipinski definition) is 4. The van der Waals surface area contributed by atoms with Crippen molar-refractivity contribution >= 4 is 17.5 Å². The van der Waals surface area contributed by atoms with Gasteiger partial charge in [0, 0.05) is 30.4 Å². The predicted octanol–water partition coefficient (Wildman–Crippen LogP) is 4.88. The lowest BCUT2D eigenvalue weighted by Crippen LogP contribution is -2.31. The van der Waals surface area contributed by atoms with Gasteiger partial charge < -0.3 is 10.2 Å². The molecule has 4 rings (SSSR count). The zero-order valence-electron chi connectivity index (χ0n) is 14.2. The summed E-state index contributed by atoms with van der Waals surface area (Å²) in [5.74, 6) is 1.65. The maximum absolute atomic E-state index is 4.84. The first-order chi connectivity index (χ1) is 12.4. The summed E-state index contributed by atoms with van der Waals surface area (Å²) in [4.78, 5) is 11.9. The highest BCUT2D eigenvalue weighted by atomic mass is 15.3. The molecule has 0 aliphatic carbocycles. The molecule has 2 aromatic carbocycles. The standard InChI is InChI=1S/C21H22N4/c1-4-10-17(11-5-1)19-16-20(22-18-12-6-2-7-13-18)24-21(23-19)25-14-8-3-9-15-25/h1-2,4-7,10-13,16H,3,8-9,14-15H2,(H,22,23,24).